The van der Waals surface area contributed by atoms with E-state index in [9.17, 15) is 9.41 Å². The Balaban J connectivity index is 1.59. The molecule has 0 unspecified atom stereocenters. The highest BCUT2D eigenvalue weighted by Gasteiger charge is 2.31. The van der Waals surface area contributed by atoms with Gasteiger partial charge in [-0.25, -0.2) is 4.39 Å². The van der Waals surface area contributed by atoms with Crippen molar-refractivity contribution < 1.29 is 18.9 Å². The number of rotatable bonds is 6. The van der Waals surface area contributed by atoms with Crippen LogP contribution in [0.3, 0.4) is 0 Å². The van der Waals surface area contributed by atoms with Crippen molar-refractivity contribution >= 4 is 7.05 Å². The second-order valence-electron chi connectivity index (χ2n) is 6.12. The molecular formula is C18H21BFNO3. The van der Waals surface area contributed by atoms with Crippen molar-refractivity contribution in [3.05, 3.63) is 48.3 Å². The molecule has 1 fully saturated rings. The van der Waals surface area contributed by atoms with Crippen LogP contribution in [0.15, 0.2) is 42.5 Å². The molecule has 0 radical (unpaired) electrons. The first-order valence-electron chi connectivity index (χ1n) is 8.10. The van der Waals surface area contributed by atoms with E-state index in [1.54, 1.807) is 12.9 Å². The Bertz CT molecular complexity index is 687. The zero-order valence-corrected chi connectivity index (χ0v) is 13.8. The molecule has 0 amide bonds. The third-order valence-corrected chi connectivity index (χ3v) is 4.21. The highest BCUT2D eigenvalue weighted by Crippen LogP contribution is 2.29. The van der Waals surface area contributed by atoms with Crippen LogP contribution in [0.2, 0.25) is 6.82 Å². The van der Waals surface area contributed by atoms with Crippen LogP contribution in [0.5, 0.6) is 11.5 Å². The van der Waals surface area contributed by atoms with Crippen LogP contribution >= 0.6 is 0 Å². The minimum Gasteiger partial charge on any atom is -0.494 e. The fourth-order valence-corrected chi connectivity index (χ4v) is 2.90. The van der Waals surface area contributed by atoms with Crippen LogP contribution in [-0.4, -0.2) is 31.3 Å². The topological polar surface area (TPSA) is 50.7 Å². The summed E-state index contributed by atoms with van der Waals surface area (Å²) in [6.07, 6.45) is 1.94. The first-order valence-corrected chi connectivity index (χ1v) is 8.10. The van der Waals surface area contributed by atoms with E-state index >= 15 is 0 Å². The van der Waals surface area contributed by atoms with E-state index in [-0.39, 0.29) is 17.7 Å². The summed E-state index contributed by atoms with van der Waals surface area (Å²) in [6.45, 7) is 1.72. The van der Waals surface area contributed by atoms with Gasteiger partial charge in [0.05, 0.1) is 7.11 Å². The number of benzene rings is 2. The maximum atomic E-state index is 13.8. The fourth-order valence-electron chi connectivity index (χ4n) is 2.90. The number of nitrogens with one attached hydrogen (secondary N) is 1. The molecule has 4 nitrogen and oxygen atoms in total. The highest BCUT2D eigenvalue weighted by molar-refractivity contribution is 6.45. The van der Waals surface area contributed by atoms with Crippen molar-refractivity contribution in [1.82, 2.24) is 5.23 Å². The smallest absolute Gasteiger partial charge is 0.373 e. The van der Waals surface area contributed by atoms with E-state index in [0.717, 1.165) is 29.7 Å². The standard InChI is InChI=1S/C18H21BFNO3/c1-19(22)21-14-10-16(11-14)24-15-6-3-12(4-7-15)13-5-8-18(23-2)17(20)9-13/h3-9,14,16,21-22H,10-11H2,1-2H3. The Morgan fingerprint density at radius 3 is 2.38 bits per heavy atom. The largest absolute Gasteiger partial charge is 0.494 e. The Morgan fingerprint density at radius 1 is 1.12 bits per heavy atom. The molecule has 0 heterocycles. The minimum atomic E-state index is -0.486. The van der Waals surface area contributed by atoms with Crippen molar-refractivity contribution in [2.45, 2.75) is 31.8 Å². The van der Waals surface area contributed by atoms with Gasteiger partial charge >= 0.3 is 7.05 Å². The van der Waals surface area contributed by atoms with Crippen molar-refractivity contribution in [3.8, 4) is 22.6 Å². The van der Waals surface area contributed by atoms with Gasteiger partial charge in [0.15, 0.2) is 11.6 Å². The summed E-state index contributed by atoms with van der Waals surface area (Å²) in [7, 11) is 0.964. The van der Waals surface area contributed by atoms with E-state index in [2.05, 4.69) is 5.23 Å². The first kappa shape index (κ1) is 16.8. The Morgan fingerprint density at radius 2 is 1.79 bits per heavy atom. The van der Waals surface area contributed by atoms with E-state index in [1.807, 2.05) is 30.3 Å². The summed E-state index contributed by atoms with van der Waals surface area (Å²) in [5.74, 6) is 0.665. The second kappa shape index (κ2) is 7.24. The van der Waals surface area contributed by atoms with Gasteiger partial charge in [-0.2, -0.15) is 0 Å². The number of ether oxygens (including phenoxy) is 2. The zero-order chi connectivity index (χ0) is 17.1. The Labute approximate surface area is 141 Å². The molecule has 2 aromatic carbocycles. The maximum Gasteiger partial charge on any atom is 0.373 e. The van der Waals surface area contributed by atoms with Gasteiger partial charge in [-0.3, -0.25) is 0 Å². The van der Waals surface area contributed by atoms with Gasteiger partial charge in [0.1, 0.15) is 11.9 Å². The lowest BCUT2D eigenvalue weighted by atomic mass is 9.80. The van der Waals surface area contributed by atoms with Crippen molar-refractivity contribution in [1.29, 1.82) is 0 Å². The highest BCUT2D eigenvalue weighted by atomic mass is 19.1. The van der Waals surface area contributed by atoms with E-state index in [0.29, 0.717) is 6.04 Å². The van der Waals surface area contributed by atoms with Crippen LogP contribution in [0, 0.1) is 5.82 Å². The van der Waals surface area contributed by atoms with Crippen molar-refractivity contribution in [2.24, 2.45) is 0 Å². The maximum absolute atomic E-state index is 13.8. The molecule has 3 rings (SSSR count). The van der Waals surface area contributed by atoms with Crippen LogP contribution in [0.1, 0.15) is 12.8 Å². The molecule has 0 spiro atoms. The van der Waals surface area contributed by atoms with Crippen LogP contribution in [-0.2, 0) is 0 Å². The van der Waals surface area contributed by atoms with Gasteiger partial charge in [-0.1, -0.05) is 18.2 Å². The molecule has 0 bridgehead atoms. The molecule has 1 saturated carbocycles. The molecule has 2 N–H and O–H groups in total. The van der Waals surface area contributed by atoms with Gasteiger partial charge in [0, 0.05) is 6.04 Å². The summed E-state index contributed by atoms with van der Waals surface area (Å²) in [4.78, 5) is 0. The van der Waals surface area contributed by atoms with Gasteiger partial charge in [0.2, 0.25) is 0 Å². The zero-order valence-electron chi connectivity index (χ0n) is 13.8. The monoisotopic (exact) mass is 329 g/mol. The molecule has 0 aromatic heterocycles. The number of methoxy groups -OCH3 is 1. The summed E-state index contributed by atoms with van der Waals surface area (Å²) in [6, 6.07) is 12.9. The van der Waals surface area contributed by atoms with Gasteiger partial charge in [-0.05, 0) is 55.1 Å². The normalized spacial score (nSPS) is 19.5. The summed E-state index contributed by atoms with van der Waals surface area (Å²) in [5, 5.41) is 12.3. The fraction of sp³-hybridized carbons (Fsp3) is 0.333. The number of halogens is 1. The quantitative estimate of drug-likeness (QED) is 0.800. The lowest BCUT2D eigenvalue weighted by molar-refractivity contribution is 0.0925. The SMILES string of the molecule is COc1ccc(-c2ccc(OC3CC(NB(C)O)C3)cc2)cc1F. The predicted molar refractivity (Wildman–Crippen MR) is 92.8 cm³/mol. The lowest BCUT2D eigenvalue weighted by Gasteiger charge is -2.36. The molecule has 1 aliphatic carbocycles. The average molecular weight is 329 g/mol. The predicted octanol–water partition coefficient (Wildman–Crippen LogP) is 3.11. The lowest BCUT2D eigenvalue weighted by Crippen LogP contribution is -2.51. The summed E-state index contributed by atoms with van der Waals surface area (Å²) < 4.78 is 24.6. The van der Waals surface area contributed by atoms with Crippen molar-refractivity contribution in [2.75, 3.05) is 7.11 Å². The molecule has 0 aliphatic heterocycles. The average Bonchev–Trinajstić information content (AvgIpc) is 2.53. The van der Waals surface area contributed by atoms with Crippen LogP contribution in [0.25, 0.3) is 11.1 Å². The molecule has 2 aromatic rings. The first-order chi connectivity index (χ1) is 11.5. The number of hydrogen-bond acceptors (Lipinski definition) is 4. The minimum absolute atomic E-state index is 0.172. The molecular weight excluding hydrogens is 308 g/mol. The van der Waals surface area contributed by atoms with E-state index in [4.69, 9.17) is 9.47 Å². The third-order valence-electron chi connectivity index (χ3n) is 4.21. The third kappa shape index (κ3) is 3.89. The molecule has 1 aliphatic rings. The van der Waals surface area contributed by atoms with Crippen LogP contribution in [0.4, 0.5) is 4.39 Å². The van der Waals surface area contributed by atoms with Crippen LogP contribution < -0.4 is 14.7 Å². The summed E-state index contributed by atoms with van der Waals surface area (Å²) >= 11 is 0. The summed E-state index contributed by atoms with van der Waals surface area (Å²) in [5.41, 5.74) is 1.72. The number of hydrogen-bond donors (Lipinski definition) is 2. The second-order valence-corrected chi connectivity index (χ2v) is 6.12. The van der Waals surface area contributed by atoms with E-state index in [1.165, 1.54) is 13.2 Å². The molecule has 0 saturated heterocycles. The van der Waals surface area contributed by atoms with E-state index < -0.39 is 7.05 Å². The Hall–Kier alpha value is -2.05. The molecule has 126 valence electrons. The van der Waals surface area contributed by atoms with Gasteiger partial charge in [-0.15, -0.1) is 0 Å². The molecule has 0 atom stereocenters. The van der Waals surface area contributed by atoms with Gasteiger partial charge < -0.3 is 19.7 Å². The Kier molecular flexibility index (Phi) is 5.07. The van der Waals surface area contributed by atoms with Crippen molar-refractivity contribution in [3.63, 3.8) is 0 Å². The molecule has 6 heteroatoms. The molecule has 24 heavy (non-hydrogen) atoms. The van der Waals surface area contributed by atoms with Gasteiger partial charge in [0.25, 0.3) is 0 Å².